The molecule has 1 fully saturated rings. The van der Waals surface area contributed by atoms with Crippen LogP contribution in [0, 0.1) is 24.7 Å². The Labute approximate surface area is 132 Å². The normalized spacial score (nSPS) is 28.4. The van der Waals surface area contributed by atoms with E-state index in [9.17, 15) is 0 Å². The van der Waals surface area contributed by atoms with E-state index in [0.717, 1.165) is 24.3 Å². The summed E-state index contributed by atoms with van der Waals surface area (Å²) >= 11 is 3.68. The summed E-state index contributed by atoms with van der Waals surface area (Å²) in [5.74, 6) is 2.51. The molecule has 4 atom stereocenters. The van der Waals surface area contributed by atoms with Gasteiger partial charge in [-0.1, -0.05) is 55.3 Å². The summed E-state index contributed by atoms with van der Waals surface area (Å²) in [6.07, 6.45) is 4.08. The molecule has 1 aromatic carbocycles. The highest BCUT2D eigenvalue weighted by molar-refractivity contribution is 9.10. The number of aryl methyl sites for hydroxylation is 1. The summed E-state index contributed by atoms with van der Waals surface area (Å²) in [5, 5.41) is 3.73. The molecule has 112 valence electrons. The van der Waals surface area contributed by atoms with Crippen molar-refractivity contribution < 1.29 is 0 Å². The number of halogens is 1. The van der Waals surface area contributed by atoms with Crippen LogP contribution in [0.15, 0.2) is 22.7 Å². The Morgan fingerprint density at radius 1 is 1.25 bits per heavy atom. The Morgan fingerprint density at radius 3 is 2.60 bits per heavy atom. The molecule has 1 aliphatic rings. The van der Waals surface area contributed by atoms with E-state index in [0.29, 0.717) is 6.04 Å². The standard InChI is InChI=1S/C18H28BrN/c1-5-20-18(15-8-6-12(2)14(4)10-15)16-9-7-13(3)17(19)11-16/h7,9,11-12,14-15,18,20H,5-6,8,10H2,1-4H3. The zero-order chi connectivity index (χ0) is 14.7. The minimum absolute atomic E-state index is 0.506. The van der Waals surface area contributed by atoms with Gasteiger partial charge in [0, 0.05) is 10.5 Å². The van der Waals surface area contributed by atoms with Crippen LogP contribution in [0.25, 0.3) is 0 Å². The first-order valence-electron chi connectivity index (χ1n) is 8.02. The molecule has 0 aliphatic heterocycles. The summed E-state index contributed by atoms with van der Waals surface area (Å²) in [6, 6.07) is 7.35. The summed E-state index contributed by atoms with van der Waals surface area (Å²) in [4.78, 5) is 0. The highest BCUT2D eigenvalue weighted by Crippen LogP contribution is 2.40. The van der Waals surface area contributed by atoms with Gasteiger partial charge in [-0.15, -0.1) is 0 Å². The van der Waals surface area contributed by atoms with E-state index in [2.05, 4.69) is 67.1 Å². The second kappa shape index (κ2) is 7.09. The summed E-state index contributed by atoms with van der Waals surface area (Å²) in [5.41, 5.74) is 2.76. The number of benzene rings is 1. The summed E-state index contributed by atoms with van der Waals surface area (Å²) in [7, 11) is 0. The van der Waals surface area contributed by atoms with Gasteiger partial charge in [0.15, 0.2) is 0 Å². The minimum Gasteiger partial charge on any atom is -0.310 e. The Morgan fingerprint density at radius 2 is 2.00 bits per heavy atom. The van der Waals surface area contributed by atoms with Gasteiger partial charge in [-0.3, -0.25) is 0 Å². The first-order chi connectivity index (χ1) is 9.52. The van der Waals surface area contributed by atoms with Crippen LogP contribution >= 0.6 is 15.9 Å². The molecule has 0 saturated heterocycles. The molecule has 0 amide bonds. The van der Waals surface area contributed by atoms with Crippen LogP contribution in [0.4, 0.5) is 0 Å². The van der Waals surface area contributed by atoms with Gasteiger partial charge in [0.1, 0.15) is 0 Å². The van der Waals surface area contributed by atoms with Crippen molar-refractivity contribution in [1.82, 2.24) is 5.32 Å². The summed E-state index contributed by atoms with van der Waals surface area (Å²) < 4.78 is 1.23. The Bertz CT molecular complexity index is 443. The van der Waals surface area contributed by atoms with Crippen molar-refractivity contribution in [3.05, 3.63) is 33.8 Å². The van der Waals surface area contributed by atoms with Crippen molar-refractivity contribution in [2.75, 3.05) is 6.54 Å². The van der Waals surface area contributed by atoms with Crippen molar-refractivity contribution in [2.45, 2.75) is 53.0 Å². The summed E-state index contributed by atoms with van der Waals surface area (Å²) in [6.45, 7) is 10.2. The molecular formula is C18H28BrN. The van der Waals surface area contributed by atoms with E-state index >= 15 is 0 Å². The SMILES string of the molecule is CCNC(c1ccc(C)c(Br)c1)C1CCC(C)C(C)C1. The fraction of sp³-hybridized carbons (Fsp3) is 0.667. The Balaban J connectivity index is 2.19. The van der Waals surface area contributed by atoms with Crippen molar-refractivity contribution in [3.63, 3.8) is 0 Å². The average Bonchev–Trinajstić information content (AvgIpc) is 2.43. The minimum atomic E-state index is 0.506. The molecule has 2 heteroatoms. The number of nitrogens with one attached hydrogen (secondary N) is 1. The van der Waals surface area contributed by atoms with Gasteiger partial charge < -0.3 is 5.32 Å². The molecule has 20 heavy (non-hydrogen) atoms. The molecule has 1 saturated carbocycles. The van der Waals surface area contributed by atoms with Crippen LogP contribution < -0.4 is 5.32 Å². The highest BCUT2D eigenvalue weighted by atomic mass is 79.9. The van der Waals surface area contributed by atoms with Crippen LogP contribution in [0.2, 0.25) is 0 Å². The number of hydrogen-bond donors (Lipinski definition) is 1. The van der Waals surface area contributed by atoms with Gasteiger partial charge >= 0.3 is 0 Å². The van der Waals surface area contributed by atoms with E-state index in [1.54, 1.807) is 0 Å². The largest absolute Gasteiger partial charge is 0.310 e. The fourth-order valence-corrected chi connectivity index (χ4v) is 3.87. The van der Waals surface area contributed by atoms with E-state index in [-0.39, 0.29) is 0 Å². The van der Waals surface area contributed by atoms with E-state index in [4.69, 9.17) is 0 Å². The van der Waals surface area contributed by atoms with Crippen LogP contribution in [0.3, 0.4) is 0 Å². The number of hydrogen-bond acceptors (Lipinski definition) is 1. The maximum absolute atomic E-state index is 3.73. The lowest BCUT2D eigenvalue weighted by atomic mass is 9.72. The monoisotopic (exact) mass is 337 g/mol. The third kappa shape index (κ3) is 3.65. The van der Waals surface area contributed by atoms with Gasteiger partial charge in [-0.25, -0.2) is 0 Å². The second-order valence-electron chi connectivity index (χ2n) is 6.57. The van der Waals surface area contributed by atoms with Gasteiger partial charge in [0.25, 0.3) is 0 Å². The lowest BCUT2D eigenvalue weighted by Gasteiger charge is -2.37. The molecule has 0 heterocycles. The molecular weight excluding hydrogens is 310 g/mol. The quantitative estimate of drug-likeness (QED) is 0.766. The maximum atomic E-state index is 3.73. The molecule has 1 N–H and O–H groups in total. The predicted octanol–water partition coefficient (Wildman–Crippen LogP) is 5.48. The van der Waals surface area contributed by atoms with Gasteiger partial charge in [-0.2, -0.15) is 0 Å². The topological polar surface area (TPSA) is 12.0 Å². The molecule has 1 aromatic rings. The zero-order valence-electron chi connectivity index (χ0n) is 13.2. The Kier molecular flexibility index (Phi) is 5.68. The van der Waals surface area contributed by atoms with Crippen LogP contribution in [-0.2, 0) is 0 Å². The zero-order valence-corrected chi connectivity index (χ0v) is 14.8. The Hall–Kier alpha value is -0.340. The van der Waals surface area contributed by atoms with E-state index in [1.807, 2.05) is 0 Å². The van der Waals surface area contributed by atoms with Crippen LogP contribution in [0.1, 0.15) is 57.2 Å². The average molecular weight is 338 g/mol. The molecule has 0 bridgehead atoms. The van der Waals surface area contributed by atoms with Crippen molar-refractivity contribution in [3.8, 4) is 0 Å². The molecule has 1 aliphatic carbocycles. The van der Waals surface area contributed by atoms with E-state index in [1.165, 1.54) is 34.9 Å². The van der Waals surface area contributed by atoms with Gasteiger partial charge in [-0.05, 0) is 61.3 Å². The van der Waals surface area contributed by atoms with Crippen LogP contribution in [0.5, 0.6) is 0 Å². The maximum Gasteiger partial charge on any atom is 0.0349 e. The number of rotatable bonds is 4. The van der Waals surface area contributed by atoms with E-state index < -0.39 is 0 Å². The third-order valence-corrected chi connectivity index (χ3v) is 5.94. The van der Waals surface area contributed by atoms with Crippen molar-refractivity contribution in [2.24, 2.45) is 17.8 Å². The molecule has 1 nitrogen and oxygen atoms in total. The lowest BCUT2D eigenvalue weighted by molar-refractivity contribution is 0.172. The van der Waals surface area contributed by atoms with Gasteiger partial charge in [0.05, 0.1) is 0 Å². The molecule has 0 radical (unpaired) electrons. The molecule has 0 spiro atoms. The second-order valence-corrected chi connectivity index (χ2v) is 7.43. The van der Waals surface area contributed by atoms with Crippen molar-refractivity contribution in [1.29, 1.82) is 0 Å². The third-order valence-electron chi connectivity index (χ3n) is 5.09. The fourth-order valence-electron chi connectivity index (χ4n) is 3.47. The first-order valence-corrected chi connectivity index (χ1v) is 8.81. The highest BCUT2D eigenvalue weighted by Gasteiger charge is 2.30. The molecule has 0 aromatic heterocycles. The predicted molar refractivity (Wildman–Crippen MR) is 91.0 cm³/mol. The molecule has 2 rings (SSSR count). The smallest absolute Gasteiger partial charge is 0.0349 e. The van der Waals surface area contributed by atoms with Crippen LogP contribution in [-0.4, -0.2) is 6.54 Å². The van der Waals surface area contributed by atoms with Crippen molar-refractivity contribution >= 4 is 15.9 Å². The molecule has 4 unspecified atom stereocenters. The van der Waals surface area contributed by atoms with Gasteiger partial charge in [0.2, 0.25) is 0 Å². The lowest BCUT2D eigenvalue weighted by Crippen LogP contribution is -2.33. The first kappa shape index (κ1) is 16.0.